The Balaban J connectivity index is 1.81. The Morgan fingerprint density at radius 2 is 2.05 bits per heavy atom. The van der Waals surface area contributed by atoms with Crippen molar-refractivity contribution in [1.82, 2.24) is 15.6 Å². The van der Waals surface area contributed by atoms with Crippen LogP contribution in [-0.4, -0.2) is 29.3 Å². The molecule has 5 nitrogen and oxygen atoms in total. The maximum Gasteiger partial charge on any atom is 0.315 e. The smallest absolute Gasteiger partial charge is 0.315 e. The first-order chi connectivity index (χ1) is 10.7. The van der Waals surface area contributed by atoms with E-state index < -0.39 is 6.04 Å². The lowest BCUT2D eigenvalue weighted by molar-refractivity contribution is 0.217. The summed E-state index contributed by atoms with van der Waals surface area (Å²) in [5, 5.41) is 15.0. The third-order valence-corrected chi connectivity index (χ3v) is 3.51. The second-order valence-electron chi connectivity index (χ2n) is 5.10. The first kappa shape index (κ1) is 16.0. The number of aryl methyl sites for hydroxylation is 1. The highest BCUT2D eigenvalue weighted by molar-refractivity contribution is 5.74. The first-order valence-electron chi connectivity index (χ1n) is 7.30. The molecule has 1 atom stereocenters. The first-order valence-corrected chi connectivity index (χ1v) is 7.30. The summed E-state index contributed by atoms with van der Waals surface area (Å²) in [7, 11) is 0. The predicted octanol–water partition coefficient (Wildman–Crippen LogP) is 1.97. The molecule has 0 spiro atoms. The van der Waals surface area contributed by atoms with E-state index >= 15 is 0 Å². The number of amides is 2. The summed E-state index contributed by atoms with van der Waals surface area (Å²) < 4.78 is 0. The molecule has 22 heavy (non-hydrogen) atoms. The molecule has 2 amide bonds. The van der Waals surface area contributed by atoms with Crippen molar-refractivity contribution in [3.63, 3.8) is 0 Å². The van der Waals surface area contributed by atoms with Crippen LogP contribution in [-0.2, 0) is 6.42 Å². The minimum absolute atomic E-state index is 0.138. The van der Waals surface area contributed by atoms with Gasteiger partial charge in [-0.05, 0) is 36.1 Å². The van der Waals surface area contributed by atoms with Gasteiger partial charge >= 0.3 is 6.03 Å². The second-order valence-corrected chi connectivity index (χ2v) is 5.10. The highest BCUT2D eigenvalue weighted by atomic mass is 16.3. The van der Waals surface area contributed by atoms with Gasteiger partial charge in [-0.3, -0.25) is 4.98 Å². The van der Waals surface area contributed by atoms with Gasteiger partial charge in [-0.1, -0.05) is 30.3 Å². The number of hydrogen-bond donors (Lipinski definition) is 3. The number of urea groups is 1. The molecule has 3 N–H and O–H groups in total. The van der Waals surface area contributed by atoms with Crippen LogP contribution in [0.5, 0.6) is 0 Å². The minimum atomic E-state index is -0.399. The van der Waals surface area contributed by atoms with Gasteiger partial charge in [-0.25, -0.2) is 4.79 Å². The van der Waals surface area contributed by atoms with E-state index in [1.165, 1.54) is 0 Å². The van der Waals surface area contributed by atoms with Gasteiger partial charge in [-0.15, -0.1) is 0 Å². The number of benzene rings is 1. The normalized spacial score (nSPS) is 11.7. The molecule has 2 aromatic rings. The highest BCUT2D eigenvalue weighted by Gasteiger charge is 2.12. The van der Waals surface area contributed by atoms with Crippen LogP contribution >= 0.6 is 0 Å². The van der Waals surface area contributed by atoms with E-state index in [0.717, 1.165) is 23.1 Å². The molecule has 0 saturated carbocycles. The Labute approximate surface area is 130 Å². The molecule has 1 heterocycles. The fourth-order valence-electron chi connectivity index (χ4n) is 2.22. The van der Waals surface area contributed by atoms with Crippen molar-refractivity contribution in [3.05, 3.63) is 65.5 Å². The summed E-state index contributed by atoms with van der Waals surface area (Å²) in [4.78, 5) is 16.0. The van der Waals surface area contributed by atoms with E-state index in [1.54, 1.807) is 6.20 Å². The van der Waals surface area contributed by atoms with Crippen molar-refractivity contribution < 1.29 is 9.90 Å². The van der Waals surface area contributed by atoms with E-state index in [9.17, 15) is 9.90 Å². The molecule has 1 unspecified atom stereocenters. The third kappa shape index (κ3) is 4.56. The maximum absolute atomic E-state index is 11.9. The standard InChI is InChI=1S/C17H21N3O2/c1-13-11-18-9-7-14(13)8-10-19-17(22)20-16(12-21)15-5-3-2-4-6-15/h2-7,9,11,16,21H,8,10,12H2,1H3,(H2,19,20,22). The maximum atomic E-state index is 11.9. The second kappa shape index (κ2) is 8.14. The Bertz CT molecular complexity index is 602. The zero-order valence-electron chi connectivity index (χ0n) is 12.6. The largest absolute Gasteiger partial charge is 0.394 e. The minimum Gasteiger partial charge on any atom is -0.394 e. The number of pyridine rings is 1. The summed E-state index contributed by atoms with van der Waals surface area (Å²) in [5.74, 6) is 0. The van der Waals surface area contributed by atoms with Crippen molar-refractivity contribution in [1.29, 1.82) is 0 Å². The molecule has 2 rings (SSSR count). The molecule has 1 aromatic carbocycles. The van der Waals surface area contributed by atoms with E-state index in [4.69, 9.17) is 0 Å². The van der Waals surface area contributed by atoms with Gasteiger partial charge in [0.1, 0.15) is 0 Å². The Kier molecular flexibility index (Phi) is 5.91. The van der Waals surface area contributed by atoms with E-state index in [-0.39, 0.29) is 12.6 Å². The summed E-state index contributed by atoms with van der Waals surface area (Å²) in [6.45, 7) is 2.39. The number of nitrogens with one attached hydrogen (secondary N) is 2. The summed E-state index contributed by atoms with van der Waals surface area (Å²) in [6.07, 6.45) is 4.31. The number of rotatable bonds is 6. The molecule has 0 bridgehead atoms. The fourth-order valence-corrected chi connectivity index (χ4v) is 2.22. The number of aromatic nitrogens is 1. The molecule has 0 saturated heterocycles. The topological polar surface area (TPSA) is 74.2 Å². The van der Waals surface area contributed by atoms with Gasteiger partial charge in [0.25, 0.3) is 0 Å². The summed E-state index contributed by atoms with van der Waals surface area (Å²) >= 11 is 0. The molecule has 0 fully saturated rings. The number of aliphatic hydroxyl groups excluding tert-OH is 1. The van der Waals surface area contributed by atoms with Gasteiger partial charge in [0.2, 0.25) is 0 Å². The quantitative estimate of drug-likeness (QED) is 0.763. The van der Waals surface area contributed by atoms with E-state index in [1.807, 2.05) is 49.5 Å². The molecule has 116 valence electrons. The summed E-state index contributed by atoms with van der Waals surface area (Å²) in [6, 6.07) is 10.7. The number of hydrogen-bond acceptors (Lipinski definition) is 3. The lowest BCUT2D eigenvalue weighted by atomic mass is 10.1. The third-order valence-electron chi connectivity index (χ3n) is 3.51. The van der Waals surface area contributed by atoms with E-state index in [2.05, 4.69) is 15.6 Å². The van der Waals surface area contributed by atoms with Crippen LogP contribution in [0, 0.1) is 6.92 Å². The van der Waals surface area contributed by atoms with Crippen molar-refractivity contribution in [2.45, 2.75) is 19.4 Å². The van der Waals surface area contributed by atoms with Gasteiger partial charge in [-0.2, -0.15) is 0 Å². The molecule has 1 aromatic heterocycles. The average molecular weight is 299 g/mol. The molecule has 0 aliphatic heterocycles. The van der Waals surface area contributed by atoms with Crippen LogP contribution in [0.15, 0.2) is 48.8 Å². The summed E-state index contributed by atoms with van der Waals surface area (Å²) in [5.41, 5.74) is 3.16. The van der Waals surface area contributed by atoms with Gasteiger partial charge in [0, 0.05) is 18.9 Å². The van der Waals surface area contributed by atoms with Gasteiger partial charge < -0.3 is 15.7 Å². The van der Waals surface area contributed by atoms with Crippen LogP contribution in [0.25, 0.3) is 0 Å². The fraction of sp³-hybridized carbons (Fsp3) is 0.294. The molecular weight excluding hydrogens is 278 g/mol. The lowest BCUT2D eigenvalue weighted by Gasteiger charge is -2.17. The molecular formula is C17H21N3O2. The van der Waals surface area contributed by atoms with Crippen molar-refractivity contribution in [3.8, 4) is 0 Å². The SMILES string of the molecule is Cc1cnccc1CCNC(=O)NC(CO)c1ccccc1. The van der Waals surface area contributed by atoms with Gasteiger partial charge in [0.15, 0.2) is 0 Å². The van der Waals surface area contributed by atoms with Crippen LogP contribution < -0.4 is 10.6 Å². The Morgan fingerprint density at radius 3 is 2.73 bits per heavy atom. The number of nitrogens with zero attached hydrogens (tertiary/aromatic N) is 1. The van der Waals surface area contributed by atoms with Crippen LogP contribution in [0.3, 0.4) is 0 Å². The number of carbonyl (C=O) groups excluding carboxylic acids is 1. The number of aliphatic hydroxyl groups is 1. The average Bonchev–Trinajstić information content (AvgIpc) is 2.55. The molecule has 0 aliphatic rings. The number of carbonyl (C=O) groups is 1. The van der Waals surface area contributed by atoms with Crippen LogP contribution in [0.1, 0.15) is 22.7 Å². The predicted molar refractivity (Wildman–Crippen MR) is 85.5 cm³/mol. The zero-order valence-corrected chi connectivity index (χ0v) is 12.6. The molecule has 5 heteroatoms. The van der Waals surface area contributed by atoms with Crippen molar-refractivity contribution >= 4 is 6.03 Å². The highest BCUT2D eigenvalue weighted by Crippen LogP contribution is 2.11. The van der Waals surface area contributed by atoms with Crippen LogP contribution in [0.2, 0.25) is 0 Å². The lowest BCUT2D eigenvalue weighted by Crippen LogP contribution is -2.40. The van der Waals surface area contributed by atoms with E-state index in [0.29, 0.717) is 6.54 Å². The molecule has 0 radical (unpaired) electrons. The Morgan fingerprint density at radius 1 is 1.27 bits per heavy atom. The monoisotopic (exact) mass is 299 g/mol. The molecule has 0 aliphatic carbocycles. The Hall–Kier alpha value is -2.40. The van der Waals surface area contributed by atoms with Crippen molar-refractivity contribution in [2.24, 2.45) is 0 Å². The van der Waals surface area contributed by atoms with Gasteiger partial charge in [0.05, 0.1) is 12.6 Å². The zero-order chi connectivity index (χ0) is 15.8. The van der Waals surface area contributed by atoms with Crippen molar-refractivity contribution in [2.75, 3.05) is 13.2 Å². The van der Waals surface area contributed by atoms with Crippen LogP contribution in [0.4, 0.5) is 4.79 Å².